The second kappa shape index (κ2) is 9.92. The van der Waals surface area contributed by atoms with Crippen LogP contribution in [0.25, 0.3) is 0 Å². The minimum absolute atomic E-state index is 0.522. The summed E-state index contributed by atoms with van der Waals surface area (Å²) in [4.78, 5) is 47.0. The highest BCUT2D eigenvalue weighted by Crippen LogP contribution is 2.30. The zero-order chi connectivity index (χ0) is 22.4. The van der Waals surface area contributed by atoms with Crippen LogP contribution in [0.3, 0.4) is 0 Å². The first-order valence-corrected chi connectivity index (χ1v) is 8.99. The number of primary amides is 1. The number of carbonyl (C=O) groups is 4. The summed E-state index contributed by atoms with van der Waals surface area (Å²) in [6.45, 7) is 3.37. The SMILES string of the molecule is COc1ccc(NC2O[C@H](C(N)=O)[C@@H](OC(C)=O)[C@H](OC(C)=O)[C@H]2OC(C)=O)cc1. The molecule has 1 aromatic rings. The maximum absolute atomic E-state index is 12.0. The molecule has 1 amide bonds. The first-order valence-electron chi connectivity index (χ1n) is 8.99. The van der Waals surface area contributed by atoms with Gasteiger partial charge in [0.15, 0.2) is 30.6 Å². The second-order valence-electron chi connectivity index (χ2n) is 6.47. The van der Waals surface area contributed by atoms with E-state index in [0.29, 0.717) is 11.4 Å². The summed E-state index contributed by atoms with van der Waals surface area (Å²) < 4.78 is 26.5. The molecule has 0 bridgehead atoms. The third-order valence-electron chi connectivity index (χ3n) is 4.12. The van der Waals surface area contributed by atoms with Crippen molar-refractivity contribution in [1.82, 2.24) is 0 Å². The summed E-state index contributed by atoms with van der Waals surface area (Å²) in [6.07, 6.45) is -6.65. The average Bonchev–Trinajstić information content (AvgIpc) is 2.65. The fraction of sp³-hybridized carbons (Fsp3) is 0.474. The van der Waals surface area contributed by atoms with Gasteiger partial charge in [-0.2, -0.15) is 0 Å². The quantitative estimate of drug-likeness (QED) is 0.455. The molecule has 0 radical (unpaired) electrons. The van der Waals surface area contributed by atoms with Gasteiger partial charge in [-0.15, -0.1) is 0 Å². The average molecular weight is 424 g/mol. The van der Waals surface area contributed by atoms with Crippen LogP contribution in [-0.2, 0) is 38.1 Å². The Morgan fingerprint density at radius 3 is 1.83 bits per heavy atom. The lowest BCUT2D eigenvalue weighted by molar-refractivity contribution is -0.238. The first-order chi connectivity index (χ1) is 14.1. The van der Waals surface area contributed by atoms with Gasteiger partial charge in [0.1, 0.15) is 5.75 Å². The van der Waals surface area contributed by atoms with Crippen molar-refractivity contribution >= 4 is 29.5 Å². The largest absolute Gasteiger partial charge is 0.497 e. The number of rotatable bonds is 7. The molecule has 0 saturated carbocycles. The van der Waals surface area contributed by atoms with Gasteiger partial charge in [-0.25, -0.2) is 0 Å². The van der Waals surface area contributed by atoms with Crippen molar-refractivity contribution in [3.05, 3.63) is 24.3 Å². The van der Waals surface area contributed by atoms with Crippen LogP contribution in [0.15, 0.2) is 24.3 Å². The van der Waals surface area contributed by atoms with E-state index in [1.54, 1.807) is 24.3 Å². The highest BCUT2D eigenvalue weighted by Gasteiger charge is 2.53. The third-order valence-corrected chi connectivity index (χ3v) is 4.12. The molecule has 1 aliphatic rings. The molecule has 1 heterocycles. The summed E-state index contributed by atoms with van der Waals surface area (Å²) in [5.41, 5.74) is 5.94. The lowest BCUT2D eigenvalue weighted by Crippen LogP contribution is -2.65. The Balaban J connectivity index is 2.43. The fourth-order valence-corrected chi connectivity index (χ4v) is 3.01. The molecule has 1 aliphatic heterocycles. The Morgan fingerprint density at radius 2 is 1.37 bits per heavy atom. The molecule has 11 heteroatoms. The van der Waals surface area contributed by atoms with Crippen LogP contribution in [0.5, 0.6) is 5.75 Å². The molecule has 0 spiro atoms. The van der Waals surface area contributed by atoms with Gasteiger partial charge in [0.2, 0.25) is 0 Å². The van der Waals surface area contributed by atoms with Gasteiger partial charge in [0.25, 0.3) is 5.91 Å². The lowest BCUT2D eigenvalue weighted by atomic mass is 9.96. The Kier molecular flexibility index (Phi) is 7.59. The maximum atomic E-state index is 12.0. The van der Waals surface area contributed by atoms with Crippen molar-refractivity contribution in [1.29, 1.82) is 0 Å². The number of hydrogen-bond acceptors (Lipinski definition) is 10. The van der Waals surface area contributed by atoms with Crippen LogP contribution < -0.4 is 15.8 Å². The van der Waals surface area contributed by atoms with E-state index in [9.17, 15) is 19.2 Å². The van der Waals surface area contributed by atoms with Crippen molar-refractivity contribution in [3.63, 3.8) is 0 Å². The smallest absolute Gasteiger partial charge is 0.303 e. The molecule has 2 rings (SSSR count). The highest BCUT2D eigenvalue weighted by molar-refractivity contribution is 5.81. The molecule has 1 unspecified atom stereocenters. The van der Waals surface area contributed by atoms with Crippen LogP contribution in [0.1, 0.15) is 20.8 Å². The Hall–Kier alpha value is -3.34. The van der Waals surface area contributed by atoms with E-state index >= 15 is 0 Å². The molecule has 11 nitrogen and oxygen atoms in total. The van der Waals surface area contributed by atoms with Gasteiger partial charge < -0.3 is 34.7 Å². The minimum atomic E-state index is -1.47. The number of anilines is 1. The first kappa shape index (κ1) is 22.9. The normalized spacial score (nSPS) is 25.5. The van der Waals surface area contributed by atoms with Crippen molar-refractivity contribution in [2.45, 2.75) is 51.4 Å². The van der Waals surface area contributed by atoms with E-state index in [4.69, 9.17) is 29.4 Å². The number of amides is 1. The Bertz CT molecular complexity index is 796. The minimum Gasteiger partial charge on any atom is -0.497 e. The van der Waals surface area contributed by atoms with Gasteiger partial charge in [0, 0.05) is 26.5 Å². The molecule has 30 heavy (non-hydrogen) atoms. The van der Waals surface area contributed by atoms with Crippen LogP contribution in [0, 0.1) is 0 Å². The van der Waals surface area contributed by atoms with Crippen LogP contribution in [0.4, 0.5) is 5.69 Å². The number of carbonyl (C=O) groups excluding carboxylic acids is 4. The van der Waals surface area contributed by atoms with E-state index in [2.05, 4.69) is 5.32 Å². The zero-order valence-electron chi connectivity index (χ0n) is 16.9. The fourth-order valence-electron chi connectivity index (χ4n) is 3.01. The molecule has 1 saturated heterocycles. The topological polar surface area (TPSA) is 152 Å². The van der Waals surface area contributed by atoms with Gasteiger partial charge in [0.05, 0.1) is 7.11 Å². The van der Waals surface area contributed by atoms with Crippen molar-refractivity contribution in [3.8, 4) is 5.75 Å². The summed E-state index contributed by atoms with van der Waals surface area (Å²) in [6, 6.07) is 6.65. The van der Waals surface area contributed by atoms with E-state index < -0.39 is 54.5 Å². The molecular weight excluding hydrogens is 400 g/mol. The maximum Gasteiger partial charge on any atom is 0.303 e. The Labute approximate surface area is 172 Å². The number of benzene rings is 1. The van der Waals surface area contributed by atoms with Crippen LogP contribution in [-0.4, -0.2) is 61.6 Å². The summed E-state index contributed by atoms with van der Waals surface area (Å²) in [5.74, 6) is -2.58. The number of methoxy groups -OCH3 is 1. The van der Waals surface area contributed by atoms with Gasteiger partial charge in [-0.3, -0.25) is 19.2 Å². The van der Waals surface area contributed by atoms with E-state index in [1.165, 1.54) is 7.11 Å². The van der Waals surface area contributed by atoms with Gasteiger partial charge >= 0.3 is 17.9 Å². The molecule has 1 fully saturated rings. The monoisotopic (exact) mass is 424 g/mol. The van der Waals surface area contributed by atoms with E-state index in [1.807, 2.05) is 0 Å². The van der Waals surface area contributed by atoms with Crippen molar-refractivity contribution in [2.75, 3.05) is 12.4 Å². The zero-order valence-corrected chi connectivity index (χ0v) is 16.9. The van der Waals surface area contributed by atoms with Gasteiger partial charge in [-0.05, 0) is 24.3 Å². The Morgan fingerprint density at radius 1 is 0.867 bits per heavy atom. The van der Waals surface area contributed by atoms with Crippen molar-refractivity contribution in [2.24, 2.45) is 5.73 Å². The number of nitrogens with two attached hydrogens (primary N) is 1. The number of esters is 3. The van der Waals surface area contributed by atoms with Crippen molar-refractivity contribution < 1.29 is 42.9 Å². The van der Waals surface area contributed by atoms with Crippen LogP contribution >= 0.6 is 0 Å². The standard InChI is InChI=1S/C19H24N2O9/c1-9(22)27-14-15(28-10(2)23)17(29-11(3)24)19(30-16(14)18(20)25)21-12-5-7-13(26-4)8-6-12/h5-8,14-17,19,21H,1-4H3,(H2,20,25)/t14-,15-,16-,17+,19?/m0/s1. The molecule has 0 aromatic heterocycles. The van der Waals surface area contributed by atoms with E-state index in [0.717, 1.165) is 20.8 Å². The molecule has 5 atom stereocenters. The van der Waals surface area contributed by atoms with E-state index in [-0.39, 0.29) is 0 Å². The molecule has 164 valence electrons. The predicted molar refractivity (Wildman–Crippen MR) is 101 cm³/mol. The van der Waals surface area contributed by atoms with Gasteiger partial charge in [-0.1, -0.05) is 0 Å². The number of nitrogens with one attached hydrogen (secondary N) is 1. The lowest BCUT2D eigenvalue weighted by Gasteiger charge is -2.43. The molecule has 1 aromatic carbocycles. The van der Waals surface area contributed by atoms with Crippen LogP contribution in [0.2, 0.25) is 0 Å². The molecule has 3 N–H and O–H groups in total. The highest BCUT2D eigenvalue weighted by atomic mass is 16.7. The molecule has 0 aliphatic carbocycles. The summed E-state index contributed by atoms with van der Waals surface area (Å²) >= 11 is 0. The predicted octanol–water partition coefficient (Wildman–Crippen LogP) is 0.112. The summed E-state index contributed by atoms with van der Waals surface area (Å²) in [7, 11) is 1.51. The number of hydrogen-bond donors (Lipinski definition) is 2. The summed E-state index contributed by atoms with van der Waals surface area (Å²) in [5, 5.41) is 2.96. The second-order valence-corrected chi connectivity index (χ2v) is 6.47. The third kappa shape index (κ3) is 5.83. The number of ether oxygens (including phenoxy) is 5. The molecular formula is C19H24N2O9.